The monoisotopic (exact) mass is 473 g/mol. The Morgan fingerprint density at radius 2 is 1.59 bits per heavy atom. The average Bonchev–Trinajstić information content (AvgIpc) is 2.81. The van der Waals surface area contributed by atoms with Crippen molar-refractivity contribution in [2.75, 3.05) is 30.8 Å². The Morgan fingerprint density at radius 3 is 2.31 bits per heavy atom. The van der Waals surface area contributed by atoms with Gasteiger partial charge in [-0.2, -0.15) is 4.98 Å². The SMILES string of the molecule is CNc1nc(NC[C@H]2CC[C@H](CNS(=O)(=O)c3ccccc3Cl)CC2)nc2ccccc12. The number of fused-ring (bicyclic) bond motifs is 1. The van der Waals surface area contributed by atoms with Crippen LogP contribution in [-0.4, -0.2) is 38.5 Å². The van der Waals surface area contributed by atoms with E-state index in [1.165, 1.54) is 6.07 Å². The summed E-state index contributed by atoms with van der Waals surface area (Å²) in [5.74, 6) is 2.28. The largest absolute Gasteiger partial charge is 0.372 e. The maximum atomic E-state index is 12.5. The zero-order valence-corrected chi connectivity index (χ0v) is 19.6. The van der Waals surface area contributed by atoms with Gasteiger partial charge in [0.1, 0.15) is 10.7 Å². The molecule has 0 atom stereocenters. The third kappa shape index (κ3) is 5.31. The van der Waals surface area contributed by atoms with E-state index in [0.29, 0.717) is 24.3 Å². The summed E-state index contributed by atoms with van der Waals surface area (Å²) in [5.41, 5.74) is 0.906. The van der Waals surface area contributed by atoms with E-state index < -0.39 is 10.0 Å². The summed E-state index contributed by atoms with van der Waals surface area (Å²) in [6.07, 6.45) is 4.05. The second kappa shape index (κ2) is 10.0. The number of nitrogens with zero attached hydrogens (tertiary/aromatic N) is 2. The van der Waals surface area contributed by atoms with Gasteiger partial charge in [0.05, 0.1) is 10.5 Å². The summed E-state index contributed by atoms with van der Waals surface area (Å²) < 4.78 is 27.8. The Labute approximate surface area is 194 Å². The van der Waals surface area contributed by atoms with Crippen LogP contribution in [0.25, 0.3) is 10.9 Å². The molecule has 3 aromatic rings. The molecular weight excluding hydrogens is 446 g/mol. The maximum Gasteiger partial charge on any atom is 0.242 e. The van der Waals surface area contributed by atoms with Gasteiger partial charge in [-0.05, 0) is 61.8 Å². The van der Waals surface area contributed by atoms with Gasteiger partial charge in [-0.25, -0.2) is 18.1 Å². The van der Waals surface area contributed by atoms with Crippen molar-refractivity contribution in [3.8, 4) is 0 Å². The highest BCUT2D eigenvalue weighted by Gasteiger charge is 2.24. The lowest BCUT2D eigenvalue weighted by Gasteiger charge is -2.28. The number of rotatable bonds is 8. The highest BCUT2D eigenvalue weighted by atomic mass is 35.5. The zero-order chi connectivity index (χ0) is 22.6. The molecule has 0 saturated heterocycles. The number of hydrogen-bond donors (Lipinski definition) is 3. The van der Waals surface area contributed by atoms with Crippen LogP contribution in [0.15, 0.2) is 53.4 Å². The van der Waals surface area contributed by atoms with Crippen molar-refractivity contribution < 1.29 is 8.42 Å². The van der Waals surface area contributed by atoms with Crippen molar-refractivity contribution in [3.05, 3.63) is 53.6 Å². The van der Waals surface area contributed by atoms with E-state index in [2.05, 4.69) is 25.3 Å². The number of nitrogens with one attached hydrogen (secondary N) is 3. The fourth-order valence-electron chi connectivity index (χ4n) is 4.19. The molecule has 1 aliphatic carbocycles. The molecule has 0 spiro atoms. The molecule has 32 heavy (non-hydrogen) atoms. The van der Waals surface area contributed by atoms with Crippen molar-refractivity contribution in [2.24, 2.45) is 11.8 Å². The Morgan fingerprint density at radius 1 is 0.938 bits per heavy atom. The Hall–Kier alpha value is -2.42. The molecular formula is C23H28ClN5O2S. The molecule has 4 rings (SSSR count). The molecule has 1 aliphatic rings. The highest BCUT2D eigenvalue weighted by Crippen LogP contribution is 2.29. The second-order valence-corrected chi connectivity index (χ2v) is 10.4. The summed E-state index contributed by atoms with van der Waals surface area (Å²) in [5, 5.41) is 7.77. The number of sulfonamides is 1. The van der Waals surface area contributed by atoms with Gasteiger partial charge in [0.15, 0.2) is 0 Å². The summed E-state index contributed by atoms with van der Waals surface area (Å²) >= 11 is 6.05. The van der Waals surface area contributed by atoms with Gasteiger partial charge in [-0.15, -0.1) is 0 Å². The summed E-state index contributed by atoms with van der Waals surface area (Å²) in [6, 6.07) is 14.5. The number of halogens is 1. The maximum absolute atomic E-state index is 12.5. The lowest BCUT2D eigenvalue weighted by atomic mass is 9.82. The van der Waals surface area contributed by atoms with Gasteiger partial charge in [0.2, 0.25) is 16.0 Å². The Balaban J connectivity index is 1.27. The van der Waals surface area contributed by atoms with E-state index >= 15 is 0 Å². The van der Waals surface area contributed by atoms with Gasteiger partial charge in [0.25, 0.3) is 0 Å². The molecule has 1 saturated carbocycles. The molecule has 3 N–H and O–H groups in total. The summed E-state index contributed by atoms with van der Waals surface area (Å²) in [7, 11) is -1.73. The first-order chi connectivity index (χ1) is 15.5. The Kier molecular flexibility index (Phi) is 7.13. The van der Waals surface area contributed by atoms with E-state index in [9.17, 15) is 8.42 Å². The lowest BCUT2D eigenvalue weighted by molar-refractivity contribution is 0.284. The first kappa shape index (κ1) is 22.8. The normalized spacial score (nSPS) is 19.1. The fraction of sp³-hybridized carbons (Fsp3) is 0.391. The first-order valence-corrected chi connectivity index (χ1v) is 12.7. The molecule has 0 aliphatic heterocycles. The molecule has 2 aromatic carbocycles. The topological polar surface area (TPSA) is 96.0 Å². The van der Waals surface area contributed by atoms with Gasteiger partial charge in [-0.3, -0.25) is 0 Å². The minimum Gasteiger partial charge on any atom is -0.372 e. The number of hydrogen-bond acceptors (Lipinski definition) is 6. The third-order valence-electron chi connectivity index (χ3n) is 6.04. The predicted octanol–water partition coefficient (Wildman–Crippen LogP) is 4.52. The molecule has 1 heterocycles. The van der Waals surface area contributed by atoms with Gasteiger partial charge < -0.3 is 10.6 Å². The lowest BCUT2D eigenvalue weighted by Crippen LogP contribution is -2.32. The molecule has 7 nitrogen and oxygen atoms in total. The van der Waals surface area contributed by atoms with Crippen LogP contribution < -0.4 is 15.4 Å². The van der Waals surface area contributed by atoms with Crippen LogP contribution in [0.4, 0.5) is 11.8 Å². The number of benzene rings is 2. The zero-order valence-electron chi connectivity index (χ0n) is 18.0. The van der Waals surface area contributed by atoms with Crippen LogP contribution in [0.1, 0.15) is 25.7 Å². The van der Waals surface area contributed by atoms with E-state index in [0.717, 1.165) is 48.9 Å². The molecule has 0 bridgehead atoms. The van der Waals surface area contributed by atoms with Crippen molar-refractivity contribution in [1.29, 1.82) is 0 Å². The summed E-state index contributed by atoms with van der Waals surface area (Å²) in [4.78, 5) is 9.35. The van der Waals surface area contributed by atoms with Crippen molar-refractivity contribution in [3.63, 3.8) is 0 Å². The molecule has 1 aromatic heterocycles. The highest BCUT2D eigenvalue weighted by molar-refractivity contribution is 7.89. The van der Waals surface area contributed by atoms with Crippen LogP contribution in [0.3, 0.4) is 0 Å². The van der Waals surface area contributed by atoms with E-state index in [-0.39, 0.29) is 9.92 Å². The molecule has 0 unspecified atom stereocenters. The standard InChI is InChI=1S/C23H28ClN5O2S/c1-25-22-18-6-2-4-8-20(18)28-23(29-22)26-14-16-10-12-17(13-11-16)15-27-32(30,31)21-9-5-3-7-19(21)24/h2-9,16-17,27H,10-15H2,1H3,(H2,25,26,28,29)/t16-,17-. The van der Waals surface area contributed by atoms with Crippen LogP contribution in [-0.2, 0) is 10.0 Å². The average molecular weight is 474 g/mol. The number of anilines is 2. The Bertz CT molecular complexity index is 1180. The first-order valence-electron chi connectivity index (χ1n) is 10.9. The molecule has 0 radical (unpaired) electrons. The third-order valence-corrected chi connectivity index (χ3v) is 7.97. The molecule has 0 amide bonds. The van der Waals surface area contributed by atoms with Crippen LogP contribution in [0.5, 0.6) is 0 Å². The number of aromatic nitrogens is 2. The smallest absolute Gasteiger partial charge is 0.242 e. The minimum atomic E-state index is -3.59. The van der Waals surface area contributed by atoms with Gasteiger partial charge in [0, 0.05) is 25.5 Å². The number of para-hydroxylation sites is 1. The second-order valence-electron chi connectivity index (χ2n) is 8.21. The van der Waals surface area contributed by atoms with Crippen molar-refractivity contribution in [2.45, 2.75) is 30.6 Å². The fourth-order valence-corrected chi connectivity index (χ4v) is 5.82. The minimum absolute atomic E-state index is 0.135. The summed E-state index contributed by atoms with van der Waals surface area (Å²) in [6.45, 7) is 1.24. The van der Waals surface area contributed by atoms with Crippen LogP contribution >= 0.6 is 11.6 Å². The van der Waals surface area contributed by atoms with E-state index in [4.69, 9.17) is 11.6 Å². The van der Waals surface area contributed by atoms with Crippen molar-refractivity contribution in [1.82, 2.24) is 14.7 Å². The predicted molar refractivity (Wildman–Crippen MR) is 130 cm³/mol. The van der Waals surface area contributed by atoms with Crippen molar-refractivity contribution >= 4 is 44.3 Å². The molecule has 1 fully saturated rings. The van der Waals surface area contributed by atoms with Gasteiger partial charge >= 0.3 is 0 Å². The quantitative estimate of drug-likeness (QED) is 0.445. The van der Waals surface area contributed by atoms with Crippen LogP contribution in [0, 0.1) is 11.8 Å². The van der Waals surface area contributed by atoms with Gasteiger partial charge in [-0.1, -0.05) is 35.9 Å². The molecule has 9 heteroatoms. The molecule has 170 valence electrons. The van der Waals surface area contributed by atoms with E-state index in [1.807, 2.05) is 31.3 Å². The van der Waals surface area contributed by atoms with E-state index in [1.54, 1.807) is 18.2 Å². The van der Waals surface area contributed by atoms with Crippen LogP contribution in [0.2, 0.25) is 5.02 Å².